The Kier molecular flexibility index (Phi) is 5.06. The molecule has 2 fully saturated rings. The third-order valence-electron chi connectivity index (χ3n) is 5.16. The standard InChI is InChI=1S/C19H24N2O4/c1-13-3-5-16(6-4-13)21-12-15(11-17(21)22)18(23)20-9-7-14(8-10-20)19(24)25-2/h3-6,14-15H,7-12H2,1-2H3. The van der Waals surface area contributed by atoms with Gasteiger partial charge in [0.2, 0.25) is 11.8 Å². The van der Waals surface area contributed by atoms with Gasteiger partial charge in [-0.3, -0.25) is 14.4 Å². The first-order valence-corrected chi connectivity index (χ1v) is 8.73. The first-order valence-electron chi connectivity index (χ1n) is 8.73. The number of likely N-dealkylation sites (tertiary alicyclic amines) is 1. The van der Waals surface area contributed by atoms with E-state index in [0.717, 1.165) is 11.3 Å². The molecule has 2 heterocycles. The Morgan fingerprint density at radius 1 is 1.08 bits per heavy atom. The molecular formula is C19H24N2O4. The molecule has 2 amide bonds. The van der Waals surface area contributed by atoms with Gasteiger partial charge >= 0.3 is 5.97 Å². The molecule has 0 N–H and O–H groups in total. The van der Waals surface area contributed by atoms with Crippen LogP contribution in [0.4, 0.5) is 5.69 Å². The molecule has 1 aromatic carbocycles. The van der Waals surface area contributed by atoms with Crippen molar-refractivity contribution in [2.75, 3.05) is 31.6 Å². The highest BCUT2D eigenvalue weighted by Crippen LogP contribution is 2.28. The van der Waals surface area contributed by atoms with Crippen LogP contribution < -0.4 is 4.90 Å². The first-order chi connectivity index (χ1) is 12.0. The summed E-state index contributed by atoms with van der Waals surface area (Å²) < 4.78 is 4.78. The normalized spacial score (nSPS) is 21.5. The van der Waals surface area contributed by atoms with Gasteiger partial charge in [-0.1, -0.05) is 17.7 Å². The summed E-state index contributed by atoms with van der Waals surface area (Å²) in [6.45, 7) is 3.53. The van der Waals surface area contributed by atoms with E-state index in [9.17, 15) is 14.4 Å². The van der Waals surface area contributed by atoms with E-state index in [-0.39, 0.29) is 36.0 Å². The number of benzene rings is 1. The van der Waals surface area contributed by atoms with E-state index < -0.39 is 0 Å². The van der Waals surface area contributed by atoms with Gasteiger partial charge in [-0.15, -0.1) is 0 Å². The topological polar surface area (TPSA) is 66.9 Å². The second kappa shape index (κ2) is 7.25. The van der Waals surface area contributed by atoms with E-state index in [4.69, 9.17) is 4.74 Å². The van der Waals surface area contributed by atoms with Gasteiger partial charge in [0, 0.05) is 31.7 Å². The van der Waals surface area contributed by atoms with Crippen molar-refractivity contribution >= 4 is 23.5 Å². The molecule has 1 aromatic rings. The van der Waals surface area contributed by atoms with Gasteiger partial charge in [0.15, 0.2) is 0 Å². The molecule has 1 atom stereocenters. The predicted molar refractivity (Wildman–Crippen MR) is 93.0 cm³/mol. The molecule has 2 saturated heterocycles. The van der Waals surface area contributed by atoms with Gasteiger partial charge in [-0.2, -0.15) is 0 Å². The van der Waals surface area contributed by atoms with Crippen LogP contribution in [-0.4, -0.2) is 49.4 Å². The van der Waals surface area contributed by atoms with Gasteiger partial charge in [0.05, 0.1) is 18.9 Å². The maximum atomic E-state index is 12.8. The van der Waals surface area contributed by atoms with Crippen LogP contribution in [0.1, 0.15) is 24.8 Å². The lowest BCUT2D eigenvalue weighted by molar-refractivity contribution is -0.149. The zero-order valence-electron chi connectivity index (χ0n) is 14.7. The minimum atomic E-state index is -0.302. The Labute approximate surface area is 147 Å². The van der Waals surface area contributed by atoms with Gasteiger partial charge in [0.25, 0.3) is 0 Å². The van der Waals surface area contributed by atoms with E-state index in [0.29, 0.717) is 32.5 Å². The fourth-order valence-electron chi connectivity index (χ4n) is 3.61. The van der Waals surface area contributed by atoms with Crippen LogP contribution in [0.5, 0.6) is 0 Å². The lowest BCUT2D eigenvalue weighted by atomic mass is 9.95. The van der Waals surface area contributed by atoms with Gasteiger partial charge in [-0.05, 0) is 31.9 Å². The third-order valence-corrected chi connectivity index (χ3v) is 5.16. The number of carbonyl (C=O) groups excluding carboxylic acids is 3. The molecule has 2 aliphatic rings. The van der Waals surface area contributed by atoms with E-state index in [1.807, 2.05) is 31.2 Å². The van der Waals surface area contributed by atoms with E-state index >= 15 is 0 Å². The fraction of sp³-hybridized carbons (Fsp3) is 0.526. The number of nitrogens with zero attached hydrogens (tertiary/aromatic N) is 2. The van der Waals surface area contributed by atoms with Crippen molar-refractivity contribution in [1.29, 1.82) is 0 Å². The second-order valence-corrected chi connectivity index (χ2v) is 6.86. The molecule has 6 heteroatoms. The molecule has 134 valence electrons. The molecular weight excluding hydrogens is 320 g/mol. The molecule has 0 saturated carbocycles. The SMILES string of the molecule is COC(=O)C1CCN(C(=O)C2CC(=O)N(c3ccc(C)cc3)C2)CC1. The van der Waals surface area contributed by atoms with Crippen molar-refractivity contribution < 1.29 is 19.1 Å². The summed E-state index contributed by atoms with van der Waals surface area (Å²) >= 11 is 0. The number of carbonyl (C=O) groups is 3. The number of amides is 2. The van der Waals surface area contributed by atoms with E-state index in [1.54, 1.807) is 9.80 Å². The lowest BCUT2D eigenvalue weighted by Crippen LogP contribution is -2.43. The molecule has 0 spiro atoms. The smallest absolute Gasteiger partial charge is 0.308 e. The molecule has 2 aliphatic heterocycles. The van der Waals surface area contributed by atoms with Crippen molar-refractivity contribution in [3.8, 4) is 0 Å². The average molecular weight is 344 g/mol. The number of hydrogen-bond donors (Lipinski definition) is 0. The summed E-state index contributed by atoms with van der Waals surface area (Å²) in [7, 11) is 1.39. The molecule has 0 bridgehead atoms. The first kappa shape index (κ1) is 17.5. The number of anilines is 1. The summed E-state index contributed by atoms with van der Waals surface area (Å²) in [5.41, 5.74) is 1.98. The lowest BCUT2D eigenvalue weighted by Gasteiger charge is -2.32. The van der Waals surface area contributed by atoms with Crippen LogP contribution in [0.2, 0.25) is 0 Å². The molecule has 1 unspecified atom stereocenters. The predicted octanol–water partition coefficient (Wildman–Crippen LogP) is 1.76. The van der Waals surface area contributed by atoms with E-state index in [1.165, 1.54) is 7.11 Å². The minimum absolute atomic E-state index is 0.00773. The van der Waals surface area contributed by atoms with Crippen LogP contribution >= 0.6 is 0 Å². The van der Waals surface area contributed by atoms with Gasteiger partial charge in [0.1, 0.15) is 0 Å². The molecule has 0 aliphatic carbocycles. The summed E-state index contributed by atoms with van der Waals surface area (Å²) in [4.78, 5) is 40.2. The number of ether oxygens (including phenoxy) is 1. The maximum Gasteiger partial charge on any atom is 0.308 e. The Balaban J connectivity index is 1.60. The largest absolute Gasteiger partial charge is 0.469 e. The fourth-order valence-corrected chi connectivity index (χ4v) is 3.61. The molecule has 25 heavy (non-hydrogen) atoms. The van der Waals surface area contributed by atoms with Crippen molar-refractivity contribution in [3.05, 3.63) is 29.8 Å². The zero-order chi connectivity index (χ0) is 18.0. The number of methoxy groups -OCH3 is 1. The van der Waals surface area contributed by atoms with Crippen molar-refractivity contribution in [3.63, 3.8) is 0 Å². The monoisotopic (exact) mass is 344 g/mol. The summed E-state index contributed by atoms with van der Waals surface area (Å²) in [6.07, 6.45) is 1.51. The van der Waals surface area contributed by atoms with Crippen LogP contribution in [0.25, 0.3) is 0 Å². The molecule has 3 rings (SSSR count). The Bertz CT molecular complexity index is 663. The average Bonchev–Trinajstić information content (AvgIpc) is 3.03. The van der Waals surface area contributed by atoms with Crippen molar-refractivity contribution in [1.82, 2.24) is 4.90 Å². The van der Waals surface area contributed by atoms with Gasteiger partial charge < -0.3 is 14.5 Å². The Hall–Kier alpha value is -2.37. The Morgan fingerprint density at radius 3 is 2.32 bits per heavy atom. The maximum absolute atomic E-state index is 12.8. The van der Waals surface area contributed by atoms with Crippen molar-refractivity contribution in [2.45, 2.75) is 26.2 Å². The molecule has 6 nitrogen and oxygen atoms in total. The zero-order valence-corrected chi connectivity index (χ0v) is 14.7. The van der Waals surface area contributed by atoms with Crippen LogP contribution in [0, 0.1) is 18.8 Å². The summed E-state index contributed by atoms with van der Waals surface area (Å²) in [5.74, 6) is -0.613. The second-order valence-electron chi connectivity index (χ2n) is 6.86. The number of esters is 1. The van der Waals surface area contributed by atoms with Gasteiger partial charge in [-0.25, -0.2) is 0 Å². The quantitative estimate of drug-likeness (QED) is 0.784. The number of hydrogen-bond acceptors (Lipinski definition) is 4. The van der Waals surface area contributed by atoms with Crippen LogP contribution in [0.3, 0.4) is 0 Å². The summed E-state index contributed by atoms with van der Waals surface area (Å²) in [5, 5.41) is 0. The van der Waals surface area contributed by atoms with E-state index in [2.05, 4.69) is 0 Å². The highest BCUT2D eigenvalue weighted by Gasteiger charge is 2.38. The highest BCUT2D eigenvalue weighted by molar-refractivity contribution is 6.00. The van der Waals surface area contributed by atoms with Crippen molar-refractivity contribution in [2.24, 2.45) is 11.8 Å². The third kappa shape index (κ3) is 3.67. The number of aryl methyl sites for hydroxylation is 1. The summed E-state index contributed by atoms with van der Waals surface area (Å²) in [6, 6.07) is 7.77. The Morgan fingerprint density at radius 2 is 1.72 bits per heavy atom. The molecule has 0 radical (unpaired) electrons. The highest BCUT2D eigenvalue weighted by atomic mass is 16.5. The number of rotatable bonds is 3. The van der Waals surface area contributed by atoms with Crippen LogP contribution in [0.15, 0.2) is 24.3 Å². The van der Waals surface area contributed by atoms with Crippen LogP contribution in [-0.2, 0) is 19.1 Å². The number of piperidine rings is 1. The molecule has 0 aromatic heterocycles. The minimum Gasteiger partial charge on any atom is -0.469 e.